The Morgan fingerprint density at radius 3 is 2.23 bits per heavy atom. The summed E-state index contributed by atoms with van der Waals surface area (Å²) in [5.74, 6) is 0.790. The molecule has 0 saturated carbocycles. The van der Waals surface area contributed by atoms with Crippen molar-refractivity contribution in [2.75, 3.05) is 6.61 Å². The zero-order valence-corrected chi connectivity index (χ0v) is 16.9. The molecular weight excluding hydrogens is 389 g/mol. The van der Waals surface area contributed by atoms with Crippen molar-refractivity contribution >= 4 is 11.6 Å². The Morgan fingerprint density at radius 2 is 1.70 bits per heavy atom. The largest absolute Gasteiger partial charge is 0.494 e. The molecule has 154 valence electrons. The second-order valence-electron chi connectivity index (χ2n) is 6.83. The summed E-state index contributed by atoms with van der Waals surface area (Å²) in [6.07, 6.45) is -2.70. The van der Waals surface area contributed by atoms with Crippen LogP contribution in [0.25, 0.3) is 17.3 Å². The fraction of sp³-hybridized carbons (Fsp3) is 0.208. The molecule has 0 fully saturated rings. The van der Waals surface area contributed by atoms with Crippen LogP contribution in [0, 0.1) is 25.2 Å². The molecule has 0 atom stereocenters. The fourth-order valence-electron chi connectivity index (χ4n) is 3.36. The van der Waals surface area contributed by atoms with Gasteiger partial charge in [0.1, 0.15) is 5.75 Å². The van der Waals surface area contributed by atoms with Crippen LogP contribution in [0.4, 0.5) is 13.2 Å². The Hall–Kier alpha value is -3.46. The molecule has 0 aliphatic carbocycles. The molecule has 6 heteroatoms. The van der Waals surface area contributed by atoms with Gasteiger partial charge < -0.3 is 9.30 Å². The van der Waals surface area contributed by atoms with Crippen LogP contribution in [-0.2, 0) is 6.18 Å². The molecule has 0 amide bonds. The average molecular weight is 410 g/mol. The summed E-state index contributed by atoms with van der Waals surface area (Å²) >= 11 is 0. The van der Waals surface area contributed by atoms with Gasteiger partial charge in [-0.3, -0.25) is 0 Å². The maximum Gasteiger partial charge on any atom is 0.416 e. The SMILES string of the molecule is CCOc1ccc(-n2c(C)cc(/C=C(/C#N)c3ccc(C(F)(F)F)cc3)c2C)cc1. The molecule has 1 aromatic heterocycles. The Bertz CT molecular complexity index is 1100. The molecule has 30 heavy (non-hydrogen) atoms. The Balaban J connectivity index is 1.96. The third-order valence-corrected chi connectivity index (χ3v) is 4.82. The van der Waals surface area contributed by atoms with Crippen LogP contribution >= 0.6 is 0 Å². The van der Waals surface area contributed by atoms with Crippen molar-refractivity contribution in [3.8, 4) is 17.5 Å². The van der Waals surface area contributed by atoms with Crippen LogP contribution in [-0.4, -0.2) is 11.2 Å². The molecule has 0 bridgehead atoms. The summed E-state index contributed by atoms with van der Waals surface area (Å²) in [4.78, 5) is 0. The van der Waals surface area contributed by atoms with E-state index in [-0.39, 0.29) is 0 Å². The molecule has 0 N–H and O–H groups in total. The van der Waals surface area contributed by atoms with Gasteiger partial charge in [-0.15, -0.1) is 0 Å². The smallest absolute Gasteiger partial charge is 0.416 e. The lowest BCUT2D eigenvalue weighted by molar-refractivity contribution is -0.137. The van der Waals surface area contributed by atoms with Gasteiger partial charge in [0.05, 0.1) is 23.8 Å². The molecule has 0 radical (unpaired) electrons. The first-order valence-electron chi connectivity index (χ1n) is 9.46. The lowest BCUT2D eigenvalue weighted by Gasteiger charge is -2.11. The number of allylic oxidation sites excluding steroid dienone is 1. The number of nitriles is 1. The van der Waals surface area contributed by atoms with E-state index in [0.717, 1.165) is 40.5 Å². The maximum atomic E-state index is 12.8. The van der Waals surface area contributed by atoms with E-state index in [1.807, 2.05) is 51.1 Å². The third-order valence-electron chi connectivity index (χ3n) is 4.82. The Morgan fingerprint density at radius 1 is 1.07 bits per heavy atom. The summed E-state index contributed by atoms with van der Waals surface area (Å²) < 4.78 is 45.9. The average Bonchev–Trinajstić information content (AvgIpc) is 2.99. The fourth-order valence-corrected chi connectivity index (χ4v) is 3.36. The van der Waals surface area contributed by atoms with E-state index < -0.39 is 11.7 Å². The van der Waals surface area contributed by atoms with Gasteiger partial charge in [0, 0.05) is 17.1 Å². The van der Waals surface area contributed by atoms with Crippen LogP contribution in [0.3, 0.4) is 0 Å². The summed E-state index contributed by atoms with van der Waals surface area (Å²) in [6, 6.07) is 16.4. The van der Waals surface area contributed by atoms with E-state index in [1.54, 1.807) is 6.08 Å². The van der Waals surface area contributed by atoms with Gasteiger partial charge in [-0.25, -0.2) is 0 Å². The standard InChI is InChI=1S/C24H21F3N2O/c1-4-30-23-11-9-22(10-12-23)29-16(2)13-19(17(29)3)14-20(15-28)18-5-7-21(8-6-18)24(25,26)27/h5-14H,4H2,1-3H3/b20-14-. The maximum absolute atomic E-state index is 12.8. The number of ether oxygens (including phenoxy) is 1. The number of aryl methyl sites for hydroxylation is 1. The molecule has 0 aliphatic rings. The number of hydrogen-bond donors (Lipinski definition) is 0. The van der Waals surface area contributed by atoms with Crippen LogP contribution in [0.2, 0.25) is 0 Å². The summed E-state index contributed by atoms with van der Waals surface area (Å²) in [5.41, 5.74) is 3.70. The zero-order valence-electron chi connectivity index (χ0n) is 16.9. The number of aromatic nitrogens is 1. The van der Waals surface area contributed by atoms with E-state index in [2.05, 4.69) is 10.6 Å². The molecular formula is C24H21F3N2O. The zero-order chi connectivity index (χ0) is 21.9. The molecule has 3 nitrogen and oxygen atoms in total. The van der Waals surface area contributed by atoms with Gasteiger partial charge in [0.15, 0.2) is 0 Å². The minimum absolute atomic E-state index is 0.302. The minimum Gasteiger partial charge on any atom is -0.494 e. The first kappa shape index (κ1) is 21.3. The molecule has 1 heterocycles. The van der Waals surface area contributed by atoms with Gasteiger partial charge in [-0.1, -0.05) is 12.1 Å². The highest BCUT2D eigenvalue weighted by Crippen LogP contribution is 2.31. The highest BCUT2D eigenvalue weighted by molar-refractivity contribution is 5.90. The summed E-state index contributed by atoms with van der Waals surface area (Å²) in [5, 5.41) is 9.57. The molecule has 3 aromatic rings. The summed E-state index contributed by atoms with van der Waals surface area (Å²) in [6.45, 7) is 6.43. The highest BCUT2D eigenvalue weighted by Gasteiger charge is 2.30. The monoisotopic (exact) mass is 410 g/mol. The van der Waals surface area contributed by atoms with E-state index in [4.69, 9.17) is 4.74 Å². The second-order valence-corrected chi connectivity index (χ2v) is 6.83. The van der Waals surface area contributed by atoms with Crippen molar-refractivity contribution in [3.05, 3.63) is 82.7 Å². The van der Waals surface area contributed by atoms with Crippen LogP contribution < -0.4 is 4.74 Å². The molecule has 0 spiro atoms. The predicted molar refractivity (Wildman–Crippen MR) is 111 cm³/mol. The van der Waals surface area contributed by atoms with E-state index in [9.17, 15) is 18.4 Å². The van der Waals surface area contributed by atoms with Crippen molar-refractivity contribution in [2.24, 2.45) is 0 Å². The molecule has 2 aromatic carbocycles. The van der Waals surface area contributed by atoms with Crippen molar-refractivity contribution in [1.82, 2.24) is 4.57 Å². The van der Waals surface area contributed by atoms with E-state index >= 15 is 0 Å². The van der Waals surface area contributed by atoms with Crippen LogP contribution in [0.1, 0.15) is 35.0 Å². The number of benzene rings is 2. The molecule has 3 rings (SSSR count). The first-order valence-corrected chi connectivity index (χ1v) is 9.46. The van der Waals surface area contributed by atoms with Crippen LogP contribution in [0.5, 0.6) is 5.75 Å². The normalized spacial score (nSPS) is 12.0. The predicted octanol–water partition coefficient (Wildman–Crippen LogP) is 6.58. The van der Waals surface area contributed by atoms with Gasteiger partial charge >= 0.3 is 6.18 Å². The van der Waals surface area contributed by atoms with Gasteiger partial charge in [0.2, 0.25) is 0 Å². The van der Waals surface area contributed by atoms with Crippen molar-refractivity contribution < 1.29 is 17.9 Å². The second kappa shape index (κ2) is 8.50. The Labute approximate surface area is 173 Å². The lowest BCUT2D eigenvalue weighted by atomic mass is 10.0. The number of rotatable bonds is 5. The molecule has 0 unspecified atom stereocenters. The topological polar surface area (TPSA) is 38.0 Å². The first-order chi connectivity index (χ1) is 14.2. The third kappa shape index (κ3) is 4.41. The number of halogens is 3. The Kier molecular flexibility index (Phi) is 6.02. The molecule has 0 aliphatic heterocycles. The quantitative estimate of drug-likeness (QED) is 0.446. The van der Waals surface area contributed by atoms with Gasteiger partial charge in [-0.2, -0.15) is 18.4 Å². The summed E-state index contributed by atoms with van der Waals surface area (Å²) in [7, 11) is 0. The lowest BCUT2D eigenvalue weighted by Crippen LogP contribution is -2.04. The molecule has 0 saturated heterocycles. The van der Waals surface area contributed by atoms with Crippen molar-refractivity contribution in [3.63, 3.8) is 0 Å². The van der Waals surface area contributed by atoms with E-state index in [1.165, 1.54) is 12.1 Å². The van der Waals surface area contributed by atoms with Crippen molar-refractivity contribution in [2.45, 2.75) is 26.9 Å². The van der Waals surface area contributed by atoms with Crippen molar-refractivity contribution in [1.29, 1.82) is 5.26 Å². The van der Waals surface area contributed by atoms with E-state index in [0.29, 0.717) is 17.7 Å². The number of alkyl halides is 3. The van der Waals surface area contributed by atoms with Gasteiger partial charge in [-0.05, 0) is 80.4 Å². The van der Waals surface area contributed by atoms with Gasteiger partial charge in [0.25, 0.3) is 0 Å². The highest BCUT2D eigenvalue weighted by atomic mass is 19.4. The minimum atomic E-state index is -4.41. The number of hydrogen-bond acceptors (Lipinski definition) is 2. The van der Waals surface area contributed by atoms with Crippen LogP contribution in [0.15, 0.2) is 54.6 Å². The number of nitrogens with zero attached hydrogens (tertiary/aromatic N) is 2.